The van der Waals surface area contributed by atoms with Crippen molar-refractivity contribution in [3.63, 3.8) is 0 Å². The van der Waals surface area contributed by atoms with Crippen LogP contribution in [0.5, 0.6) is 5.95 Å². The molecule has 0 aliphatic carbocycles. The maximum Gasteiger partial charge on any atom is 0.300 e. The van der Waals surface area contributed by atoms with Gasteiger partial charge in [-0.1, -0.05) is 58.9 Å². The van der Waals surface area contributed by atoms with Crippen LogP contribution in [-0.2, 0) is 11.8 Å². The van der Waals surface area contributed by atoms with E-state index < -0.39 is 11.7 Å². The first-order valence-electron chi connectivity index (χ1n) is 9.40. The van der Waals surface area contributed by atoms with Crippen LogP contribution in [0.2, 0.25) is 0 Å². The summed E-state index contributed by atoms with van der Waals surface area (Å²) in [5.74, 6) is -1.64. The monoisotopic (exact) mass is 434 g/mol. The molecule has 2 aromatic carbocycles. The summed E-state index contributed by atoms with van der Waals surface area (Å²) in [7, 11) is 1.46. The molecular weight excluding hydrogens is 416 g/mol. The van der Waals surface area contributed by atoms with Crippen LogP contribution < -0.4 is 14.7 Å². The van der Waals surface area contributed by atoms with Gasteiger partial charge in [-0.05, 0) is 36.3 Å². The Balaban J connectivity index is 1.65. The summed E-state index contributed by atoms with van der Waals surface area (Å²) in [5, 5.41) is 15.5. The van der Waals surface area contributed by atoms with Crippen LogP contribution in [0.25, 0.3) is 6.08 Å². The van der Waals surface area contributed by atoms with Crippen LogP contribution in [0.3, 0.4) is 0 Å². The average Bonchev–Trinajstić information content (AvgIpc) is 3.27. The second-order valence-corrected chi connectivity index (χ2v) is 7.74. The molecule has 4 rings (SSSR count). The van der Waals surface area contributed by atoms with E-state index in [-0.39, 0.29) is 23.1 Å². The van der Waals surface area contributed by atoms with Gasteiger partial charge in [0, 0.05) is 0 Å². The first kappa shape index (κ1) is 20.5. The van der Waals surface area contributed by atoms with Gasteiger partial charge >= 0.3 is 0 Å². The maximum atomic E-state index is 13.2. The molecule has 3 aromatic rings. The van der Waals surface area contributed by atoms with Crippen molar-refractivity contribution in [1.82, 2.24) is 5.27 Å². The number of nitrogens with zero attached hydrogens (tertiary/aromatic N) is 4. The number of aromatic nitrogens is 2. The van der Waals surface area contributed by atoms with E-state index in [1.807, 2.05) is 49.4 Å². The number of anilines is 1. The molecule has 1 aliphatic rings. The Morgan fingerprint density at radius 3 is 2.58 bits per heavy atom. The van der Waals surface area contributed by atoms with Crippen LogP contribution in [-0.4, -0.2) is 27.9 Å². The number of aliphatic imine (C=N–C) groups is 1. The Labute approximate surface area is 182 Å². The zero-order valence-electron chi connectivity index (χ0n) is 16.8. The molecule has 0 radical (unpaired) electrons. The highest BCUT2D eigenvalue weighted by atomic mass is 32.2. The normalized spacial score (nSPS) is 14.9. The topological polar surface area (TPSA) is 103 Å². The van der Waals surface area contributed by atoms with Crippen molar-refractivity contribution in [2.75, 3.05) is 10.7 Å². The molecule has 0 fully saturated rings. The smallest absolute Gasteiger partial charge is 0.300 e. The average molecular weight is 434 g/mol. The van der Waals surface area contributed by atoms with Gasteiger partial charge < -0.3 is 9.63 Å². The van der Waals surface area contributed by atoms with E-state index in [1.165, 1.54) is 11.9 Å². The van der Waals surface area contributed by atoms with Gasteiger partial charge in [-0.2, -0.15) is 0 Å². The fraction of sp³-hybridized carbons (Fsp3) is 0.136. The zero-order valence-corrected chi connectivity index (χ0v) is 17.6. The Morgan fingerprint density at radius 2 is 1.90 bits per heavy atom. The number of benzene rings is 2. The Hall–Kier alpha value is -3.72. The van der Waals surface area contributed by atoms with Crippen molar-refractivity contribution in [3.05, 3.63) is 77.1 Å². The highest BCUT2D eigenvalue weighted by Crippen LogP contribution is 2.30. The molecule has 1 aliphatic heterocycles. The number of thioether (sulfide) groups is 1. The van der Waals surface area contributed by atoms with E-state index in [9.17, 15) is 14.7 Å². The van der Waals surface area contributed by atoms with Crippen molar-refractivity contribution in [3.8, 4) is 5.95 Å². The van der Waals surface area contributed by atoms with Crippen molar-refractivity contribution in [2.45, 2.75) is 6.92 Å². The van der Waals surface area contributed by atoms with Crippen LogP contribution >= 0.6 is 11.8 Å². The third-order valence-corrected chi connectivity index (χ3v) is 5.62. The van der Waals surface area contributed by atoms with Crippen molar-refractivity contribution >= 4 is 40.4 Å². The molecule has 0 atom stereocenters. The van der Waals surface area contributed by atoms with Gasteiger partial charge in [0.05, 0.1) is 16.7 Å². The van der Waals surface area contributed by atoms with Crippen molar-refractivity contribution in [2.24, 2.45) is 12.0 Å². The lowest BCUT2D eigenvalue weighted by Crippen LogP contribution is -2.38. The van der Waals surface area contributed by atoms with E-state index in [2.05, 4.69) is 14.8 Å². The SMILES string of the molecule is Cc1ccccc1/C=C1/N=C(SCC(=O)c2c([O-])on[n+]2C)N(c2ccccc2)C1=O. The molecule has 1 aromatic heterocycles. The molecule has 0 unspecified atom stereocenters. The largest absolute Gasteiger partial charge is 0.539 e. The number of carbonyl (C=O) groups is 2. The lowest BCUT2D eigenvalue weighted by Gasteiger charge is -2.17. The van der Waals surface area contributed by atoms with E-state index in [0.717, 1.165) is 27.6 Å². The summed E-state index contributed by atoms with van der Waals surface area (Å²) in [5.41, 5.74) is 2.66. The van der Waals surface area contributed by atoms with Crippen molar-refractivity contribution in [1.29, 1.82) is 0 Å². The minimum atomic E-state index is -0.794. The van der Waals surface area contributed by atoms with Gasteiger partial charge in [-0.25, -0.2) is 4.99 Å². The third-order valence-electron chi connectivity index (χ3n) is 4.68. The number of amides is 1. The number of ketones is 1. The molecule has 31 heavy (non-hydrogen) atoms. The molecule has 8 nitrogen and oxygen atoms in total. The number of carbonyl (C=O) groups excluding carboxylic acids is 2. The fourth-order valence-corrected chi connectivity index (χ4v) is 3.98. The maximum absolute atomic E-state index is 13.2. The molecule has 0 bridgehead atoms. The standard InChI is InChI=1S/C22H18N4O4S/c1-14-8-6-7-9-15(14)12-17-20(28)26(16-10-4-3-5-11-16)22(23-17)31-13-18(27)19-21(29)30-24-25(19)2/h3-12H,13H2,1-2H3/b17-12+. The van der Waals surface area contributed by atoms with E-state index in [4.69, 9.17) is 0 Å². The van der Waals surface area contributed by atoms with Crippen LogP contribution in [0.1, 0.15) is 21.6 Å². The summed E-state index contributed by atoms with van der Waals surface area (Å²) in [4.78, 5) is 31.7. The lowest BCUT2D eigenvalue weighted by molar-refractivity contribution is -0.741. The molecule has 1 amide bonds. The minimum Gasteiger partial charge on any atom is -0.539 e. The number of aryl methyl sites for hydroxylation is 2. The van der Waals surface area contributed by atoms with E-state index >= 15 is 0 Å². The Bertz CT molecular complexity index is 1200. The minimum absolute atomic E-state index is 0.0998. The number of amidine groups is 1. The lowest BCUT2D eigenvalue weighted by atomic mass is 10.1. The summed E-state index contributed by atoms with van der Waals surface area (Å²) < 4.78 is 5.62. The van der Waals surface area contributed by atoms with Crippen LogP contribution in [0.15, 0.2) is 69.8 Å². The number of para-hydroxylation sites is 1. The van der Waals surface area contributed by atoms with Crippen molar-refractivity contribution < 1.29 is 23.9 Å². The summed E-state index contributed by atoms with van der Waals surface area (Å²) in [6.07, 6.45) is 1.73. The predicted octanol–water partition coefficient (Wildman–Crippen LogP) is 2.24. The quantitative estimate of drug-likeness (QED) is 0.347. The molecule has 0 saturated carbocycles. The van der Waals surface area contributed by atoms with Gasteiger partial charge in [0.25, 0.3) is 11.6 Å². The fourth-order valence-electron chi connectivity index (χ4n) is 3.10. The molecular formula is C22H18N4O4S. The summed E-state index contributed by atoms with van der Waals surface area (Å²) in [6, 6.07) is 16.8. The Kier molecular flexibility index (Phi) is 5.68. The third kappa shape index (κ3) is 4.13. The molecule has 156 valence electrons. The predicted molar refractivity (Wildman–Crippen MR) is 114 cm³/mol. The van der Waals surface area contributed by atoms with Crippen LogP contribution in [0, 0.1) is 6.92 Å². The number of Topliss-reactive ketones (excluding diaryl/α,β-unsaturated/α-hetero) is 1. The molecule has 9 heteroatoms. The summed E-state index contributed by atoms with van der Waals surface area (Å²) >= 11 is 1.08. The second-order valence-electron chi connectivity index (χ2n) is 6.80. The first-order chi connectivity index (χ1) is 15.0. The van der Waals surface area contributed by atoms with Gasteiger partial charge in [-0.15, -0.1) is 0 Å². The Morgan fingerprint density at radius 1 is 1.19 bits per heavy atom. The molecule has 2 heterocycles. The molecule has 0 N–H and O–H groups in total. The molecule has 0 spiro atoms. The zero-order chi connectivity index (χ0) is 22.0. The van der Waals surface area contributed by atoms with Gasteiger partial charge in [0.2, 0.25) is 5.78 Å². The number of hydrogen-bond donors (Lipinski definition) is 0. The van der Waals surface area contributed by atoms with E-state index in [1.54, 1.807) is 18.2 Å². The molecule has 0 saturated heterocycles. The number of rotatable bonds is 5. The second kappa shape index (κ2) is 8.57. The highest BCUT2D eigenvalue weighted by Gasteiger charge is 2.33. The van der Waals surface area contributed by atoms with Gasteiger partial charge in [-0.3, -0.25) is 14.5 Å². The van der Waals surface area contributed by atoms with E-state index in [0.29, 0.717) is 10.9 Å². The van der Waals surface area contributed by atoms with Crippen LogP contribution in [0.4, 0.5) is 5.69 Å². The first-order valence-corrected chi connectivity index (χ1v) is 10.4. The van der Waals surface area contributed by atoms with Gasteiger partial charge in [0.15, 0.2) is 18.2 Å². The summed E-state index contributed by atoms with van der Waals surface area (Å²) in [6.45, 7) is 1.96. The number of hydrogen-bond acceptors (Lipinski definition) is 7. The van der Waals surface area contributed by atoms with Gasteiger partial charge in [0.1, 0.15) is 5.70 Å². The highest BCUT2D eigenvalue weighted by molar-refractivity contribution is 8.14.